The molecule has 2 aliphatic carbocycles. The van der Waals surface area contributed by atoms with Crippen LogP contribution in [0.2, 0.25) is 0 Å². The SMILES string of the molecule is O=C(SCc1c2ccccc2cc2ccccc12)[C]1[CH][CH][CH][CH]1.[CH]1[CH][CH][CH][CH]1.[Fe+2]. The van der Waals surface area contributed by atoms with Gasteiger partial charge in [0, 0.05) is 5.75 Å². The molecule has 1 nitrogen and oxygen atoms in total. The molecule has 3 aromatic rings. The summed E-state index contributed by atoms with van der Waals surface area (Å²) in [5, 5.41) is 5.04. The Bertz CT molecular complexity index is 880. The molecule has 5 rings (SSSR count). The molecule has 0 aromatic heterocycles. The van der Waals surface area contributed by atoms with Crippen molar-refractivity contribution in [2.45, 2.75) is 5.75 Å². The minimum absolute atomic E-state index is 0. The van der Waals surface area contributed by atoms with Crippen LogP contribution < -0.4 is 0 Å². The minimum atomic E-state index is 0. The van der Waals surface area contributed by atoms with Crippen LogP contribution in [0.4, 0.5) is 0 Å². The maximum Gasteiger partial charge on any atom is 2.00 e. The van der Waals surface area contributed by atoms with Crippen LogP contribution >= 0.6 is 11.8 Å². The summed E-state index contributed by atoms with van der Waals surface area (Å²) in [6, 6.07) is 19.0. The van der Waals surface area contributed by atoms with Crippen molar-refractivity contribution in [1.29, 1.82) is 0 Å². The van der Waals surface area contributed by atoms with Gasteiger partial charge >= 0.3 is 17.1 Å². The quantitative estimate of drug-likeness (QED) is 0.361. The Hall–Kier alpha value is -1.28. The molecule has 29 heavy (non-hydrogen) atoms. The number of hydrogen-bond acceptors (Lipinski definition) is 2. The summed E-state index contributed by atoms with van der Waals surface area (Å²) in [6.07, 6.45) is 17.6. The van der Waals surface area contributed by atoms with E-state index >= 15 is 0 Å². The van der Waals surface area contributed by atoms with Crippen LogP contribution in [0.1, 0.15) is 5.56 Å². The van der Waals surface area contributed by atoms with E-state index < -0.39 is 0 Å². The zero-order chi connectivity index (χ0) is 19.2. The fourth-order valence-electron chi connectivity index (χ4n) is 3.32. The van der Waals surface area contributed by atoms with Gasteiger partial charge in [-0.2, -0.15) is 0 Å². The van der Waals surface area contributed by atoms with Crippen LogP contribution in [0, 0.1) is 63.7 Å². The van der Waals surface area contributed by atoms with E-state index in [2.05, 4.69) is 54.6 Å². The Morgan fingerprint density at radius 2 is 1.17 bits per heavy atom. The van der Waals surface area contributed by atoms with Gasteiger partial charge in [0.2, 0.25) is 0 Å². The molecule has 10 radical (unpaired) electrons. The fraction of sp³-hybridized carbons (Fsp3) is 0.0385. The summed E-state index contributed by atoms with van der Waals surface area (Å²) >= 11 is 1.38. The van der Waals surface area contributed by atoms with E-state index in [4.69, 9.17) is 0 Å². The Labute approximate surface area is 189 Å². The number of thioether (sulfide) groups is 1. The van der Waals surface area contributed by atoms with Crippen molar-refractivity contribution in [3.05, 3.63) is 124 Å². The average molecular weight is 436 g/mol. The van der Waals surface area contributed by atoms with E-state index in [1.54, 1.807) is 0 Å². The van der Waals surface area contributed by atoms with Gasteiger partial charge in [0.05, 0.1) is 5.92 Å². The summed E-state index contributed by atoms with van der Waals surface area (Å²) < 4.78 is 0. The van der Waals surface area contributed by atoms with Crippen molar-refractivity contribution in [3.63, 3.8) is 0 Å². The van der Waals surface area contributed by atoms with Crippen molar-refractivity contribution in [2.24, 2.45) is 0 Å². The molecule has 0 spiro atoms. The molecule has 3 aromatic carbocycles. The van der Waals surface area contributed by atoms with E-state index in [1.807, 2.05) is 57.8 Å². The van der Waals surface area contributed by atoms with Crippen LogP contribution in [0.3, 0.4) is 0 Å². The predicted molar refractivity (Wildman–Crippen MR) is 120 cm³/mol. The first-order valence-electron chi connectivity index (χ1n) is 9.28. The van der Waals surface area contributed by atoms with Crippen molar-refractivity contribution >= 4 is 38.4 Å². The second kappa shape index (κ2) is 11.2. The molecule has 2 aliphatic rings. The van der Waals surface area contributed by atoms with Gasteiger partial charge in [-0.25, -0.2) is 0 Å². The average Bonchev–Trinajstić information content (AvgIpc) is 3.48. The molecule has 3 heteroatoms. The normalized spacial score (nSPS) is 16.4. The van der Waals surface area contributed by atoms with Gasteiger partial charge in [0.15, 0.2) is 5.12 Å². The number of fused-ring (bicyclic) bond motifs is 2. The fourth-order valence-corrected chi connectivity index (χ4v) is 4.20. The zero-order valence-corrected chi connectivity index (χ0v) is 17.7. The Kier molecular flexibility index (Phi) is 8.66. The minimum Gasteiger partial charge on any atom is -0.287 e. The third-order valence-electron chi connectivity index (χ3n) is 4.68. The summed E-state index contributed by atoms with van der Waals surface area (Å²) in [5.41, 5.74) is 1.24. The second-order valence-corrected chi connectivity index (χ2v) is 7.46. The van der Waals surface area contributed by atoms with Gasteiger partial charge in [-0.05, 0) is 91.0 Å². The number of benzene rings is 3. The maximum atomic E-state index is 12.3. The third-order valence-corrected chi connectivity index (χ3v) is 5.62. The van der Waals surface area contributed by atoms with Gasteiger partial charge < -0.3 is 0 Å². The van der Waals surface area contributed by atoms with Crippen LogP contribution in [0.25, 0.3) is 21.5 Å². The molecule has 0 unspecified atom stereocenters. The first-order valence-corrected chi connectivity index (χ1v) is 10.3. The summed E-state index contributed by atoms with van der Waals surface area (Å²) in [7, 11) is 0. The first kappa shape index (κ1) is 22.4. The predicted octanol–water partition coefficient (Wildman–Crippen LogP) is 6.18. The summed E-state index contributed by atoms with van der Waals surface area (Å²) in [5.74, 6) is 1.46. The van der Waals surface area contributed by atoms with Crippen molar-refractivity contribution in [2.75, 3.05) is 0 Å². The first-order chi connectivity index (χ1) is 13.8. The largest absolute Gasteiger partial charge is 2.00 e. The van der Waals surface area contributed by atoms with Crippen LogP contribution in [0.5, 0.6) is 0 Å². The summed E-state index contributed by atoms with van der Waals surface area (Å²) in [4.78, 5) is 12.3. The van der Waals surface area contributed by atoms with E-state index in [0.717, 1.165) is 5.92 Å². The van der Waals surface area contributed by atoms with E-state index in [0.29, 0.717) is 5.75 Å². The second-order valence-electron chi connectivity index (χ2n) is 6.51. The molecule has 2 fully saturated rings. The monoisotopic (exact) mass is 436 g/mol. The van der Waals surface area contributed by atoms with Crippen molar-refractivity contribution in [3.8, 4) is 0 Å². The maximum absolute atomic E-state index is 12.3. The molecule has 0 amide bonds. The number of rotatable bonds is 3. The Balaban J connectivity index is 0.000000352. The van der Waals surface area contributed by atoms with Crippen molar-refractivity contribution < 1.29 is 21.9 Å². The number of carbonyl (C=O) groups is 1. The molecule has 2 saturated carbocycles. The van der Waals surface area contributed by atoms with Gasteiger partial charge in [0.1, 0.15) is 0 Å². The van der Waals surface area contributed by atoms with Gasteiger partial charge in [0.25, 0.3) is 0 Å². The molecular formula is C26H20FeOS+2. The molecule has 0 aliphatic heterocycles. The topological polar surface area (TPSA) is 17.1 Å². The molecule has 0 N–H and O–H groups in total. The number of hydrogen-bond donors (Lipinski definition) is 0. The Morgan fingerprint density at radius 3 is 1.69 bits per heavy atom. The molecule has 0 heterocycles. The van der Waals surface area contributed by atoms with E-state index in [-0.39, 0.29) is 22.2 Å². The molecule has 0 bridgehead atoms. The van der Waals surface area contributed by atoms with Gasteiger partial charge in [-0.1, -0.05) is 60.3 Å². The van der Waals surface area contributed by atoms with Crippen molar-refractivity contribution in [1.82, 2.24) is 0 Å². The number of carbonyl (C=O) groups excluding carboxylic acids is 1. The molecule has 142 valence electrons. The van der Waals surface area contributed by atoms with E-state index in [9.17, 15) is 4.79 Å². The smallest absolute Gasteiger partial charge is 0.287 e. The standard InChI is InChI=1S/C21H15OS.C5H5.Fe/c22-21(15-7-1-2-8-15)23-14-20-18-11-5-3-9-16(18)13-17-10-4-6-12-19(17)20;1-2-4-5-3-1;/h1-13H,14H2;1-5H;/q;;+2. The summed E-state index contributed by atoms with van der Waals surface area (Å²) in [6.45, 7) is 0. The molecule has 0 saturated heterocycles. The van der Waals surface area contributed by atoms with Crippen LogP contribution in [-0.4, -0.2) is 5.12 Å². The third kappa shape index (κ3) is 5.66. The zero-order valence-electron chi connectivity index (χ0n) is 15.8. The van der Waals surface area contributed by atoms with Crippen LogP contribution in [0.15, 0.2) is 54.6 Å². The Morgan fingerprint density at radius 1 is 0.690 bits per heavy atom. The molecule has 0 atom stereocenters. The van der Waals surface area contributed by atoms with Gasteiger partial charge in [-0.3, -0.25) is 4.79 Å². The van der Waals surface area contributed by atoms with Crippen LogP contribution in [-0.2, 0) is 27.6 Å². The molecular weight excluding hydrogens is 416 g/mol. The van der Waals surface area contributed by atoms with E-state index in [1.165, 1.54) is 38.9 Å². The van der Waals surface area contributed by atoms with Gasteiger partial charge in [-0.15, -0.1) is 0 Å².